The van der Waals surface area contributed by atoms with Crippen LogP contribution in [0.15, 0.2) is 29.3 Å². The van der Waals surface area contributed by atoms with E-state index in [1.54, 1.807) is 11.9 Å². The fourth-order valence-corrected chi connectivity index (χ4v) is 2.83. The number of rotatable bonds is 4. The summed E-state index contributed by atoms with van der Waals surface area (Å²) in [6, 6.07) is 4.06. The molecule has 1 amide bonds. The van der Waals surface area contributed by atoms with Crippen molar-refractivity contribution in [1.29, 1.82) is 0 Å². The summed E-state index contributed by atoms with van der Waals surface area (Å²) in [7, 11) is 1.69. The molecule has 2 fully saturated rings. The van der Waals surface area contributed by atoms with E-state index in [0.717, 1.165) is 11.5 Å². The molecule has 0 unspecified atom stereocenters. The van der Waals surface area contributed by atoms with Gasteiger partial charge >= 0.3 is 0 Å². The Bertz CT molecular complexity index is 808. The lowest BCUT2D eigenvalue weighted by atomic mass is 10.1. The molecule has 2 aromatic rings. The van der Waals surface area contributed by atoms with Crippen LogP contribution in [-0.4, -0.2) is 57.2 Å². The van der Waals surface area contributed by atoms with Gasteiger partial charge in [0.25, 0.3) is 11.5 Å². The molecule has 1 aliphatic carbocycles. The summed E-state index contributed by atoms with van der Waals surface area (Å²) in [4.78, 5) is 34.0. The molecule has 0 radical (unpaired) electrons. The fraction of sp³-hybridized carbons (Fsp3) is 0.438. The SMILES string of the molecule is CN(C(=O)c1ncc[nH]c1=O)C1CN(c2ccc(C3CC3)nn2)C1. The van der Waals surface area contributed by atoms with Crippen molar-refractivity contribution in [2.45, 2.75) is 24.8 Å². The van der Waals surface area contributed by atoms with Crippen LogP contribution >= 0.6 is 0 Å². The highest BCUT2D eigenvalue weighted by Gasteiger charge is 2.35. The second-order valence-electron chi connectivity index (χ2n) is 6.33. The van der Waals surface area contributed by atoms with Crippen LogP contribution in [0.1, 0.15) is 34.9 Å². The van der Waals surface area contributed by atoms with Crippen molar-refractivity contribution in [2.24, 2.45) is 0 Å². The van der Waals surface area contributed by atoms with Gasteiger partial charge in [0.05, 0.1) is 11.7 Å². The number of aromatic amines is 1. The summed E-state index contributed by atoms with van der Waals surface area (Å²) in [6.07, 6.45) is 5.24. The van der Waals surface area contributed by atoms with E-state index in [1.165, 1.54) is 25.2 Å². The van der Waals surface area contributed by atoms with Gasteiger partial charge in [0.1, 0.15) is 0 Å². The molecule has 1 saturated heterocycles. The Labute approximate surface area is 138 Å². The van der Waals surface area contributed by atoms with Gasteiger partial charge < -0.3 is 14.8 Å². The molecule has 1 aliphatic heterocycles. The lowest BCUT2D eigenvalue weighted by Crippen LogP contribution is -2.60. The third-order valence-electron chi connectivity index (χ3n) is 4.63. The highest BCUT2D eigenvalue weighted by molar-refractivity contribution is 5.92. The first-order chi connectivity index (χ1) is 11.6. The number of hydrogen-bond donors (Lipinski definition) is 1. The average molecular weight is 326 g/mol. The van der Waals surface area contributed by atoms with Gasteiger partial charge in [-0.05, 0) is 25.0 Å². The standard InChI is InChI=1S/C16H18N6O2/c1-21(16(24)14-15(23)18-7-6-17-14)11-8-22(9-11)13-5-4-12(19-20-13)10-2-3-10/h4-7,10-11H,2-3,8-9H2,1H3,(H,18,23). The predicted octanol–water partition coefficient (Wildman–Crippen LogP) is 0.398. The smallest absolute Gasteiger partial charge is 0.279 e. The summed E-state index contributed by atoms with van der Waals surface area (Å²) in [5, 5.41) is 8.56. The van der Waals surface area contributed by atoms with Gasteiger partial charge in [0, 0.05) is 38.4 Å². The number of H-pyrrole nitrogens is 1. The van der Waals surface area contributed by atoms with Gasteiger partial charge in [0.15, 0.2) is 11.5 Å². The second-order valence-corrected chi connectivity index (χ2v) is 6.33. The maximum atomic E-state index is 12.4. The fourth-order valence-electron chi connectivity index (χ4n) is 2.83. The van der Waals surface area contributed by atoms with Gasteiger partial charge in [-0.3, -0.25) is 9.59 Å². The zero-order valence-corrected chi connectivity index (χ0v) is 13.3. The van der Waals surface area contributed by atoms with Gasteiger partial charge in [-0.1, -0.05) is 0 Å². The lowest BCUT2D eigenvalue weighted by molar-refractivity contribution is 0.0697. The number of amides is 1. The second kappa shape index (κ2) is 5.70. The zero-order chi connectivity index (χ0) is 16.7. The van der Waals surface area contributed by atoms with E-state index >= 15 is 0 Å². The monoisotopic (exact) mass is 326 g/mol. The molecule has 1 saturated carbocycles. The third kappa shape index (κ3) is 2.64. The van der Waals surface area contributed by atoms with E-state index in [4.69, 9.17) is 0 Å². The van der Waals surface area contributed by atoms with E-state index in [1.807, 2.05) is 12.1 Å². The van der Waals surface area contributed by atoms with Crippen LogP contribution in [0.3, 0.4) is 0 Å². The van der Waals surface area contributed by atoms with Gasteiger partial charge in [0.2, 0.25) is 0 Å². The Morgan fingerprint density at radius 1 is 1.29 bits per heavy atom. The molecule has 3 heterocycles. The van der Waals surface area contributed by atoms with Crippen molar-refractivity contribution in [2.75, 3.05) is 25.0 Å². The van der Waals surface area contributed by atoms with Crippen molar-refractivity contribution >= 4 is 11.7 Å². The molecular formula is C16H18N6O2. The third-order valence-corrected chi connectivity index (χ3v) is 4.63. The molecular weight excluding hydrogens is 308 g/mol. The molecule has 124 valence electrons. The quantitative estimate of drug-likeness (QED) is 0.874. The van der Waals surface area contributed by atoms with Crippen molar-refractivity contribution in [1.82, 2.24) is 25.1 Å². The molecule has 0 aromatic carbocycles. The Balaban J connectivity index is 1.38. The molecule has 2 aliphatic rings. The topological polar surface area (TPSA) is 95.1 Å². The van der Waals surface area contributed by atoms with E-state index in [0.29, 0.717) is 19.0 Å². The Morgan fingerprint density at radius 3 is 2.71 bits per heavy atom. The number of nitrogens with one attached hydrogen (secondary N) is 1. The molecule has 24 heavy (non-hydrogen) atoms. The Kier molecular flexibility index (Phi) is 3.51. The first-order valence-electron chi connectivity index (χ1n) is 8.03. The molecule has 2 aromatic heterocycles. The molecule has 4 rings (SSSR count). The lowest BCUT2D eigenvalue weighted by Gasteiger charge is -2.44. The van der Waals surface area contributed by atoms with Crippen LogP contribution in [0.2, 0.25) is 0 Å². The van der Waals surface area contributed by atoms with Crippen LogP contribution < -0.4 is 10.5 Å². The van der Waals surface area contributed by atoms with Crippen LogP contribution in [0.25, 0.3) is 0 Å². The first kappa shape index (κ1) is 14.8. The molecule has 0 atom stereocenters. The number of likely N-dealkylation sites (N-methyl/N-ethyl adjacent to an activating group) is 1. The number of nitrogens with zero attached hydrogens (tertiary/aromatic N) is 5. The number of carbonyl (C=O) groups excluding carboxylic acids is 1. The Morgan fingerprint density at radius 2 is 2.08 bits per heavy atom. The number of aromatic nitrogens is 4. The van der Waals surface area contributed by atoms with Gasteiger partial charge in [-0.2, -0.15) is 5.10 Å². The summed E-state index contributed by atoms with van der Waals surface area (Å²) < 4.78 is 0. The zero-order valence-electron chi connectivity index (χ0n) is 13.3. The first-order valence-corrected chi connectivity index (χ1v) is 8.03. The molecule has 1 N–H and O–H groups in total. The highest BCUT2D eigenvalue weighted by Crippen LogP contribution is 2.38. The van der Waals surface area contributed by atoms with Gasteiger partial charge in [-0.15, -0.1) is 5.10 Å². The van der Waals surface area contributed by atoms with E-state index in [-0.39, 0.29) is 17.6 Å². The Hall–Kier alpha value is -2.77. The minimum absolute atomic E-state index is 0.0313. The van der Waals surface area contributed by atoms with E-state index in [2.05, 4.69) is 25.1 Å². The average Bonchev–Trinajstić information content (AvgIpc) is 3.39. The van der Waals surface area contributed by atoms with Crippen LogP contribution in [0.4, 0.5) is 5.82 Å². The van der Waals surface area contributed by atoms with Crippen molar-refractivity contribution in [3.05, 3.63) is 46.3 Å². The van der Waals surface area contributed by atoms with Crippen molar-refractivity contribution in [3.63, 3.8) is 0 Å². The maximum Gasteiger partial charge on any atom is 0.279 e. The van der Waals surface area contributed by atoms with Crippen LogP contribution in [0.5, 0.6) is 0 Å². The summed E-state index contributed by atoms with van der Waals surface area (Å²) >= 11 is 0. The molecule has 8 heteroatoms. The normalized spacial score (nSPS) is 17.5. The highest BCUT2D eigenvalue weighted by atomic mass is 16.2. The molecule has 0 spiro atoms. The summed E-state index contributed by atoms with van der Waals surface area (Å²) in [6.45, 7) is 1.34. The van der Waals surface area contributed by atoms with Crippen LogP contribution in [0, 0.1) is 0 Å². The van der Waals surface area contributed by atoms with Crippen molar-refractivity contribution < 1.29 is 4.79 Å². The minimum Gasteiger partial charge on any atom is -0.351 e. The van der Waals surface area contributed by atoms with Gasteiger partial charge in [-0.25, -0.2) is 4.98 Å². The van der Waals surface area contributed by atoms with E-state index in [9.17, 15) is 9.59 Å². The van der Waals surface area contributed by atoms with Crippen LogP contribution in [-0.2, 0) is 0 Å². The van der Waals surface area contributed by atoms with Crippen molar-refractivity contribution in [3.8, 4) is 0 Å². The largest absolute Gasteiger partial charge is 0.351 e. The molecule has 8 nitrogen and oxygen atoms in total. The summed E-state index contributed by atoms with van der Waals surface area (Å²) in [5.41, 5.74) is 0.525. The maximum absolute atomic E-state index is 12.4. The predicted molar refractivity (Wildman–Crippen MR) is 87.0 cm³/mol. The number of hydrogen-bond acceptors (Lipinski definition) is 6. The number of carbonyl (C=O) groups is 1. The minimum atomic E-state index is -0.466. The van der Waals surface area contributed by atoms with E-state index < -0.39 is 5.56 Å². The number of anilines is 1. The summed E-state index contributed by atoms with van der Waals surface area (Å²) in [5.74, 6) is 1.06. The molecule has 0 bridgehead atoms.